The molecule has 3 N–H and O–H groups in total. The summed E-state index contributed by atoms with van der Waals surface area (Å²) in [7, 11) is 0. The highest BCUT2D eigenvalue weighted by Crippen LogP contribution is 2.13. The summed E-state index contributed by atoms with van der Waals surface area (Å²) in [4.78, 5) is 22.1. The van der Waals surface area contributed by atoms with Gasteiger partial charge in [0.05, 0.1) is 5.92 Å². The lowest BCUT2D eigenvalue weighted by Crippen LogP contribution is -2.48. The molecule has 1 amide bonds. The van der Waals surface area contributed by atoms with Crippen LogP contribution in [0.25, 0.3) is 0 Å². The molecule has 0 saturated carbocycles. The van der Waals surface area contributed by atoms with Crippen LogP contribution in [0.2, 0.25) is 0 Å². The number of carbonyl (C=O) groups excluding carboxylic acids is 1. The molecule has 0 radical (unpaired) electrons. The van der Waals surface area contributed by atoms with E-state index in [9.17, 15) is 9.59 Å². The van der Waals surface area contributed by atoms with Crippen LogP contribution in [0.1, 0.15) is 12.0 Å². The second-order valence-electron chi connectivity index (χ2n) is 4.44. The predicted octanol–water partition coefficient (Wildman–Crippen LogP) is 0.862. The molecular weight excluding hydrogens is 232 g/mol. The average molecular weight is 248 g/mol. The van der Waals surface area contributed by atoms with E-state index in [4.69, 9.17) is 5.11 Å². The van der Waals surface area contributed by atoms with Crippen LogP contribution in [-0.4, -0.2) is 30.1 Å². The molecule has 1 aliphatic heterocycles. The second kappa shape index (κ2) is 5.64. The first kappa shape index (κ1) is 12.6. The molecule has 0 atom stereocenters. The number of aliphatic carboxylic acids is 1. The Kier molecular flexibility index (Phi) is 3.94. The normalized spacial score (nSPS) is 14.9. The highest BCUT2D eigenvalue weighted by Gasteiger charge is 2.24. The largest absolute Gasteiger partial charge is 0.481 e. The quantitative estimate of drug-likeness (QED) is 0.722. The van der Waals surface area contributed by atoms with Crippen LogP contribution in [0.3, 0.4) is 0 Å². The van der Waals surface area contributed by atoms with Gasteiger partial charge in [0.25, 0.3) is 0 Å². The van der Waals surface area contributed by atoms with Gasteiger partial charge in [0.15, 0.2) is 0 Å². The van der Waals surface area contributed by atoms with Crippen molar-refractivity contribution in [3.8, 4) is 0 Å². The number of rotatable bonds is 5. The highest BCUT2D eigenvalue weighted by atomic mass is 16.4. The molecule has 1 fully saturated rings. The first-order valence-electron chi connectivity index (χ1n) is 5.97. The summed E-state index contributed by atoms with van der Waals surface area (Å²) in [6.45, 7) is 1.48. The smallest absolute Gasteiger partial charge is 0.303 e. The molecule has 1 heterocycles. The minimum atomic E-state index is -0.801. The molecule has 0 spiro atoms. The number of carbonyl (C=O) groups is 2. The SMILES string of the molecule is O=C(O)CCc1ccc(NC(=O)C2CNC2)cc1. The third-order valence-corrected chi connectivity index (χ3v) is 3.00. The Morgan fingerprint density at radius 1 is 1.28 bits per heavy atom. The van der Waals surface area contributed by atoms with Gasteiger partial charge < -0.3 is 15.7 Å². The van der Waals surface area contributed by atoms with E-state index in [-0.39, 0.29) is 18.2 Å². The van der Waals surface area contributed by atoms with Gasteiger partial charge in [-0.3, -0.25) is 9.59 Å². The molecule has 1 aromatic rings. The van der Waals surface area contributed by atoms with Crippen molar-refractivity contribution in [3.63, 3.8) is 0 Å². The molecular formula is C13H16N2O3. The molecule has 18 heavy (non-hydrogen) atoms. The van der Waals surface area contributed by atoms with Crippen molar-refractivity contribution in [2.24, 2.45) is 5.92 Å². The van der Waals surface area contributed by atoms with Gasteiger partial charge in [0, 0.05) is 25.2 Å². The number of hydrogen-bond donors (Lipinski definition) is 3. The molecule has 0 aliphatic carbocycles. The molecule has 96 valence electrons. The molecule has 1 aromatic carbocycles. The molecule has 0 unspecified atom stereocenters. The van der Waals surface area contributed by atoms with Crippen LogP contribution < -0.4 is 10.6 Å². The summed E-state index contributed by atoms with van der Waals surface area (Å²) in [5.74, 6) is -0.700. The van der Waals surface area contributed by atoms with Crippen LogP contribution in [0.5, 0.6) is 0 Å². The van der Waals surface area contributed by atoms with Crippen molar-refractivity contribution in [1.29, 1.82) is 0 Å². The van der Waals surface area contributed by atoms with E-state index < -0.39 is 5.97 Å². The van der Waals surface area contributed by atoms with Crippen LogP contribution in [-0.2, 0) is 16.0 Å². The van der Waals surface area contributed by atoms with Crippen molar-refractivity contribution >= 4 is 17.6 Å². The fourth-order valence-corrected chi connectivity index (χ4v) is 1.72. The van der Waals surface area contributed by atoms with E-state index in [0.717, 1.165) is 24.3 Å². The zero-order chi connectivity index (χ0) is 13.0. The van der Waals surface area contributed by atoms with Crippen molar-refractivity contribution < 1.29 is 14.7 Å². The van der Waals surface area contributed by atoms with E-state index in [2.05, 4.69) is 10.6 Å². The van der Waals surface area contributed by atoms with Crippen LogP contribution in [0.4, 0.5) is 5.69 Å². The standard InChI is InChI=1S/C13H16N2O3/c16-12(17)6-3-9-1-4-11(5-2-9)15-13(18)10-7-14-8-10/h1-2,4-5,10,14H,3,6-8H2,(H,15,18)(H,16,17). The van der Waals surface area contributed by atoms with Crippen LogP contribution in [0, 0.1) is 5.92 Å². The minimum Gasteiger partial charge on any atom is -0.481 e. The van der Waals surface area contributed by atoms with Gasteiger partial charge in [-0.05, 0) is 24.1 Å². The van der Waals surface area contributed by atoms with Gasteiger partial charge in [0.2, 0.25) is 5.91 Å². The first-order chi connectivity index (χ1) is 8.65. The third kappa shape index (κ3) is 3.30. The first-order valence-corrected chi connectivity index (χ1v) is 5.97. The van der Waals surface area contributed by atoms with Crippen LogP contribution >= 0.6 is 0 Å². The Labute approximate surface area is 105 Å². The summed E-state index contributed by atoms with van der Waals surface area (Å²) in [6, 6.07) is 7.30. The van der Waals surface area contributed by atoms with E-state index in [0.29, 0.717) is 6.42 Å². The van der Waals surface area contributed by atoms with E-state index in [1.165, 1.54) is 0 Å². The zero-order valence-corrected chi connectivity index (χ0v) is 9.98. The molecule has 1 saturated heterocycles. The number of amides is 1. The molecule has 5 nitrogen and oxygen atoms in total. The number of nitrogens with one attached hydrogen (secondary N) is 2. The van der Waals surface area contributed by atoms with Gasteiger partial charge in [-0.1, -0.05) is 12.1 Å². The van der Waals surface area contributed by atoms with E-state index >= 15 is 0 Å². The molecule has 5 heteroatoms. The summed E-state index contributed by atoms with van der Waals surface area (Å²) in [5, 5.41) is 14.5. The number of carboxylic acid groups (broad SMARTS) is 1. The predicted molar refractivity (Wildman–Crippen MR) is 67.4 cm³/mol. The van der Waals surface area contributed by atoms with E-state index in [1.54, 1.807) is 12.1 Å². The fraction of sp³-hybridized carbons (Fsp3) is 0.385. The number of anilines is 1. The monoisotopic (exact) mass is 248 g/mol. The third-order valence-electron chi connectivity index (χ3n) is 3.00. The lowest BCUT2D eigenvalue weighted by molar-refractivity contribution is -0.137. The lowest BCUT2D eigenvalue weighted by atomic mass is 10.0. The maximum absolute atomic E-state index is 11.7. The summed E-state index contributed by atoms with van der Waals surface area (Å²) in [6.07, 6.45) is 0.634. The summed E-state index contributed by atoms with van der Waals surface area (Å²) >= 11 is 0. The Bertz CT molecular complexity index is 438. The Morgan fingerprint density at radius 2 is 1.94 bits per heavy atom. The van der Waals surface area contributed by atoms with Gasteiger partial charge >= 0.3 is 5.97 Å². The lowest BCUT2D eigenvalue weighted by Gasteiger charge is -2.25. The number of hydrogen-bond acceptors (Lipinski definition) is 3. The van der Waals surface area contributed by atoms with Gasteiger partial charge in [0.1, 0.15) is 0 Å². The molecule has 1 aliphatic rings. The fourth-order valence-electron chi connectivity index (χ4n) is 1.72. The van der Waals surface area contributed by atoms with Gasteiger partial charge in [-0.2, -0.15) is 0 Å². The highest BCUT2D eigenvalue weighted by molar-refractivity contribution is 5.93. The summed E-state index contributed by atoms with van der Waals surface area (Å²) in [5.41, 5.74) is 1.71. The molecule has 2 rings (SSSR count). The number of carboxylic acids is 1. The number of benzene rings is 1. The van der Waals surface area contributed by atoms with Crippen molar-refractivity contribution in [2.45, 2.75) is 12.8 Å². The Hall–Kier alpha value is -1.88. The van der Waals surface area contributed by atoms with Crippen molar-refractivity contribution in [2.75, 3.05) is 18.4 Å². The second-order valence-corrected chi connectivity index (χ2v) is 4.44. The minimum absolute atomic E-state index is 0.0343. The maximum Gasteiger partial charge on any atom is 0.303 e. The van der Waals surface area contributed by atoms with Crippen LogP contribution in [0.15, 0.2) is 24.3 Å². The Balaban J connectivity index is 1.86. The molecule has 0 aromatic heterocycles. The van der Waals surface area contributed by atoms with Gasteiger partial charge in [-0.25, -0.2) is 0 Å². The average Bonchev–Trinajstić information content (AvgIpc) is 2.25. The van der Waals surface area contributed by atoms with E-state index in [1.807, 2.05) is 12.1 Å². The summed E-state index contributed by atoms with van der Waals surface area (Å²) < 4.78 is 0. The van der Waals surface area contributed by atoms with Gasteiger partial charge in [-0.15, -0.1) is 0 Å². The maximum atomic E-state index is 11.7. The van der Waals surface area contributed by atoms with Crippen molar-refractivity contribution in [3.05, 3.63) is 29.8 Å². The molecule has 0 bridgehead atoms. The number of aryl methyl sites for hydroxylation is 1. The topological polar surface area (TPSA) is 78.4 Å². The Morgan fingerprint density at radius 3 is 2.44 bits per heavy atom. The van der Waals surface area contributed by atoms with Crippen molar-refractivity contribution in [1.82, 2.24) is 5.32 Å². The zero-order valence-electron chi connectivity index (χ0n) is 9.98.